The smallest absolute Gasteiger partial charge is 0.340 e. The van der Waals surface area contributed by atoms with Crippen molar-refractivity contribution in [2.45, 2.75) is 26.2 Å². The molecular weight excluding hydrogens is 374 g/mol. The third-order valence-electron chi connectivity index (χ3n) is 4.17. The minimum atomic E-state index is -0.663. The molecule has 26 heavy (non-hydrogen) atoms. The lowest BCUT2D eigenvalue weighted by Gasteiger charge is -2.17. The Balaban J connectivity index is 1.63. The van der Waals surface area contributed by atoms with E-state index >= 15 is 0 Å². The number of aromatic nitrogens is 1. The van der Waals surface area contributed by atoms with Gasteiger partial charge in [0.2, 0.25) is 0 Å². The number of fused-ring (bicyclic) bond motifs is 1. The van der Waals surface area contributed by atoms with Crippen molar-refractivity contribution >= 4 is 39.8 Å². The van der Waals surface area contributed by atoms with Crippen molar-refractivity contribution in [3.8, 4) is 6.07 Å². The van der Waals surface area contributed by atoms with Crippen molar-refractivity contribution in [2.24, 2.45) is 5.92 Å². The Bertz CT molecular complexity index is 886. The SMILES string of the molecule is C[C@H]1CCc2c(sc(NC(=O)COC(=O)c3ccc(Cl)nc3)c2C#N)C1. The third kappa shape index (κ3) is 4.03. The molecular formula is C18H16ClN3O3S. The largest absolute Gasteiger partial charge is 0.452 e. The molecule has 8 heteroatoms. The van der Waals surface area contributed by atoms with E-state index in [4.69, 9.17) is 16.3 Å². The fraction of sp³-hybridized carbons (Fsp3) is 0.333. The number of halogens is 1. The molecule has 0 spiro atoms. The summed E-state index contributed by atoms with van der Waals surface area (Å²) >= 11 is 7.09. The Morgan fingerprint density at radius 1 is 1.50 bits per heavy atom. The molecule has 0 saturated carbocycles. The molecule has 3 rings (SSSR count). The number of ether oxygens (including phenoxy) is 1. The maximum absolute atomic E-state index is 12.1. The standard InChI is InChI=1S/C18H16ClN3O3S/c1-10-2-4-12-13(7-20)17(26-14(12)6-10)22-16(23)9-25-18(24)11-3-5-15(19)21-8-11/h3,5,8,10H,2,4,6,9H2,1H3,(H,22,23)/t10-/m0/s1. The fourth-order valence-electron chi connectivity index (χ4n) is 2.83. The molecule has 0 bridgehead atoms. The van der Waals surface area contributed by atoms with Gasteiger partial charge in [-0.05, 0) is 42.9 Å². The zero-order valence-corrected chi connectivity index (χ0v) is 15.6. The Hall–Kier alpha value is -2.43. The number of nitrogens with one attached hydrogen (secondary N) is 1. The topological polar surface area (TPSA) is 92.1 Å². The Morgan fingerprint density at radius 2 is 2.31 bits per heavy atom. The predicted octanol–water partition coefficient (Wildman–Crippen LogP) is 3.59. The second-order valence-electron chi connectivity index (χ2n) is 6.16. The van der Waals surface area contributed by atoms with Crippen LogP contribution in [0.4, 0.5) is 5.00 Å². The molecule has 0 radical (unpaired) electrons. The van der Waals surface area contributed by atoms with E-state index in [9.17, 15) is 14.9 Å². The average Bonchev–Trinajstić information content (AvgIpc) is 2.96. The molecule has 1 aliphatic rings. The molecule has 0 saturated heterocycles. The van der Waals surface area contributed by atoms with Crippen LogP contribution >= 0.6 is 22.9 Å². The van der Waals surface area contributed by atoms with Crippen molar-refractivity contribution in [1.82, 2.24) is 4.98 Å². The summed E-state index contributed by atoms with van der Waals surface area (Å²) in [6.07, 6.45) is 4.09. The van der Waals surface area contributed by atoms with Gasteiger partial charge in [-0.2, -0.15) is 5.26 Å². The van der Waals surface area contributed by atoms with Crippen LogP contribution in [-0.2, 0) is 22.4 Å². The first-order chi connectivity index (χ1) is 12.5. The maximum Gasteiger partial charge on any atom is 0.340 e. The minimum Gasteiger partial charge on any atom is -0.452 e. The van der Waals surface area contributed by atoms with E-state index in [1.54, 1.807) is 0 Å². The summed E-state index contributed by atoms with van der Waals surface area (Å²) in [5.74, 6) is -0.572. The zero-order valence-electron chi connectivity index (χ0n) is 14.0. The molecule has 1 N–H and O–H groups in total. The number of rotatable bonds is 4. The normalized spacial score (nSPS) is 15.7. The molecule has 0 fully saturated rings. The van der Waals surface area contributed by atoms with Crippen LogP contribution in [0.15, 0.2) is 18.3 Å². The molecule has 0 aromatic carbocycles. The quantitative estimate of drug-likeness (QED) is 0.637. The van der Waals surface area contributed by atoms with Gasteiger partial charge < -0.3 is 10.1 Å². The lowest BCUT2D eigenvalue weighted by atomic mass is 9.89. The maximum atomic E-state index is 12.1. The molecule has 1 atom stereocenters. The predicted molar refractivity (Wildman–Crippen MR) is 98.4 cm³/mol. The van der Waals surface area contributed by atoms with E-state index in [1.165, 1.54) is 29.7 Å². The lowest BCUT2D eigenvalue weighted by Crippen LogP contribution is -2.21. The van der Waals surface area contributed by atoms with Crippen LogP contribution in [-0.4, -0.2) is 23.5 Å². The van der Waals surface area contributed by atoms with Crippen molar-refractivity contribution < 1.29 is 14.3 Å². The summed E-state index contributed by atoms with van der Waals surface area (Å²) in [4.78, 5) is 29.0. The number of hydrogen-bond acceptors (Lipinski definition) is 6. The van der Waals surface area contributed by atoms with Crippen LogP contribution in [0.25, 0.3) is 0 Å². The molecule has 134 valence electrons. The number of thiophene rings is 1. The van der Waals surface area contributed by atoms with Gasteiger partial charge in [-0.1, -0.05) is 18.5 Å². The highest BCUT2D eigenvalue weighted by Gasteiger charge is 2.24. The van der Waals surface area contributed by atoms with Gasteiger partial charge in [0.05, 0.1) is 11.1 Å². The first-order valence-corrected chi connectivity index (χ1v) is 9.30. The first kappa shape index (κ1) is 18.4. The van der Waals surface area contributed by atoms with Gasteiger partial charge in [0, 0.05) is 11.1 Å². The van der Waals surface area contributed by atoms with Crippen molar-refractivity contribution in [2.75, 3.05) is 11.9 Å². The van der Waals surface area contributed by atoms with Crippen LogP contribution in [0.3, 0.4) is 0 Å². The zero-order chi connectivity index (χ0) is 18.7. The summed E-state index contributed by atoms with van der Waals surface area (Å²) in [5.41, 5.74) is 1.77. The second-order valence-corrected chi connectivity index (χ2v) is 7.65. The van der Waals surface area contributed by atoms with Gasteiger partial charge >= 0.3 is 5.97 Å². The number of anilines is 1. The summed E-state index contributed by atoms with van der Waals surface area (Å²) in [6.45, 7) is 1.74. The molecule has 2 aromatic rings. The number of carbonyl (C=O) groups is 2. The van der Waals surface area contributed by atoms with Crippen molar-refractivity contribution in [3.63, 3.8) is 0 Å². The first-order valence-electron chi connectivity index (χ1n) is 8.11. The van der Waals surface area contributed by atoms with Crippen LogP contribution in [0.1, 0.15) is 39.7 Å². The highest BCUT2D eigenvalue weighted by atomic mass is 35.5. The summed E-state index contributed by atoms with van der Waals surface area (Å²) in [7, 11) is 0. The van der Waals surface area contributed by atoms with E-state index in [0.29, 0.717) is 16.5 Å². The second kappa shape index (κ2) is 7.85. The summed E-state index contributed by atoms with van der Waals surface area (Å²) in [5, 5.41) is 12.9. The van der Waals surface area contributed by atoms with Gasteiger partial charge in [-0.3, -0.25) is 4.79 Å². The summed E-state index contributed by atoms with van der Waals surface area (Å²) < 4.78 is 4.98. The van der Waals surface area contributed by atoms with Gasteiger partial charge in [0.15, 0.2) is 6.61 Å². The number of pyridine rings is 1. The van der Waals surface area contributed by atoms with Crippen LogP contribution in [0, 0.1) is 17.2 Å². The highest BCUT2D eigenvalue weighted by Crippen LogP contribution is 2.39. The number of esters is 1. The van der Waals surface area contributed by atoms with Gasteiger partial charge in [0.1, 0.15) is 16.2 Å². The monoisotopic (exact) mass is 389 g/mol. The fourth-order valence-corrected chi connectivity index (χ4v) is 4.32. The molecule has 2 aromatic heterocycles. The number of nitrogens with zero attached hydrogens (tertiary/aromatic N) is 2. The van der Waals surface area contributed by atoms with Gasteiger partial charge in [-0.15, -0.1) is 11.3 Å². The van der Waals surface area contributed by atoms with Gasteiger partial charge in [0.25, 0.3) is 5.91 Å². The van der Waals surface area contributed by atoms with E-state index in [2.05, 4.69) is 23.3 Å². The lowest BCUT2D eigenvalue weighted by molar-refractivity contribution is -0.119. The summed E-state index contributed by atoms with van der Waals surface area (Å²) in [6, 6.07) is 5.12. The minimum absolute atomic E-state index is 0.209. The third-order valence-corrected chi connectivity index (χ3v) is 5.57. The van der Waals surface area contributed by atoms with Crippen molar-refractivity contribution in [1.29, 1.82) is 5.26 Å². The van der Waals surface area contributed by atoms with Crippen LogP contribution in [0.5, 0.6) is 0 Å². The van der Waals surface area contributed by atoms with E-state index in [1.807, 2.05) is 0 Å². The van der Waals surface area contributed by atoms with E-state index in [0.717, 1.165) is 29.7 Å². The van der Waals surface area contributed by atoms with Crippen LogP contribution < -0.4 is 5.32 Å². The van der Waals surface area contributed by atoms with E-state index in [-0.39, 0.29) is 10.7 Å². The molecule has 2 heterocycles. The molecule has 1 amide bonds. The number of hydrogen-bond donors (Lipinski definition) is 1. The Kier molecular flexibility index (Phi) is 5.55. The van der Waals surface area contributed by atoms with Crippen molar-refractivity contribution in [3.05, 3.63) is 45.1 Å². The Morgan fingerprint density at radius 3 is 3.00 bits per heavy atom. The highest BCUT2D eigenvalue weighted by molar-refractivity contribution is 7.16. The van der Waals surface area contributed by atoms with Gasteiger partial charge in [-0.25, -0.2) is 9.78 Å². The van der Waals surface area contributed by atoms with Crippen LogP contribution in [0.2, 0.25) is 5.15 Å². The molecule has 0 unspecified atom stereocenters. The number of amides is 1. The van der Waals surface area contributed by atoms with E-state index < -0.39 is 18.5 Å². The number of nitriles is 1. The molecule has 0 aliphatic heterocycles. The molecule has 6 nitrogen and oxygen atoms in total. The number of carbonyl (C=O) groups excluding carboxylic acids is 2. The average molecular weight is 390 g/mol. The molecule has 1 aliphatic carbocycles. The Labute approximate surface area is 159 Å².